The van der Waals surface area contributed by atoms with Crippen molar-refractivity contribution >= 4 is 23.3 Å². The van der Waals surface area contributed by atoms with E-state index in [-0.39, 0.29) is 6.03 Å². The van der Waals surface area contributed by atoms with E-state index in [0.717, 1.165) is 5.56 Å². The van der Waals surface area contributed by atoms with Gasteiger partial charge in [-0.05, 0) is 24.3 Å². The van der Waals surface area contributed by atoms with E-state index in [1.807, 2.05) is 6.07 Å². The van der Waals surface area contributed by atoms with Crippen molar-refractivity contribution in [3.63, 3.8) is 0 Å². The third kappa shape index (κ3) is 4.91. The van der Waals surface area contributed by atoms with Crippen LogP contribution in [0.4, 0.5) is 10.5 Å². The first-order chi connectivity index (χ1) is 11.1. The zero-order valence-electron chi connectivity index (χ0n) is 13.0. The molecule has 2 aromatic rings. The number of carbonyl (C=O) groups is 1. The van der Waals surface area contributed by atoms with Crippen molar-refractivity contribution in [3.8, 4) is 5.75 Å². The highest BCUT2D eigenvalue weighted by molar-refractivity contribution is 6.31. The molecule has 0 fully saturated rings. The number of halogens is 1. The SMILES string of the molecule is COCCN(Cc1ccoc1)C(=O)Nc1cc(Cl)ccc1OC. The van der Waals surface area contributed by atoms with E-state index in [0.29, 0.717) is 36.2 Å². The Hall–Kier alpha value is -2.18. The Balaban J connectivity index is 2.11. The average Bonchev–Trinajstić information content (AvgIpc) is 3.04. The van der Waals surface area contributed by atoms with Gasteiger partial charge in [-0.25, -0.2) is 4.79 Å². The second-order valence-corrected chi connectivity index (χ2v) is 5.26. The molecule has 0 bridgehead atoms. The second-order valence-electron chi connectivity index (χ2n) is 4.82. The summed E-state index contributed by atoms with van der Waals surface area (Å²) >= 11 is 5.98. The Kier molecular flexibility index (Phi) is 6.31. The maximum Gasteiger partial charge on any atom is 0.322 e. The van der Waals surface area contributed by atoms with Gasteiger partial charge in [0.1, 0.15) is 5.75 Å². The Morgan fingerprint density at radius 2 is 2.17 bits per heavy atom. The largest absolute Gasteiger partial charge is 0.495 e. The van der Waals surface area contributed by atoms with Crippen LogP contribution in [0.1, 0.15) is 5.56 Å². The van der Waals surface area contributed by atoms with Gasteiger partial charge in [0.05, 0.1) is 38.5 Å². The van der Waals surface area contributed by atoms with Crippen LogP contribution >= 0.6 is 11.6 Å². The normalized spacial score (nSPS) is 10.4. The molecule has 2 rings (SSSR count). The van der Waals surface area contributed by atoms with Gasteiger partial charge in [-0.1, -0.05) is 11.6 Å². The highest BCUT2D eigenvalue weighted by atomic mass is 35.5. The minimum absolute atomic E-state index is 0.274. The van der Waals surface area contributed by atoms with E-state index in [1.54, 1.807) is 42.7 Å². The number of urea groups is 1. The first kappa shape index (κ1) is 17.2. The standard InChI is InChI=1S/C16H19ClN2O4/c1-21-8-6-19(10-12-5-7-23-11-12)16(20)18-14-9-13(17)3-4-15(14)22-2/h3-5,7,9,11H,6,8,10H2,1-2H3,(H,18,20). The van der Waals surface area contributed by atoms with Gasteiger partial charge in [0.25, 0.3) is 0 Å². The van der Waals surface area contributed by atoms with Gasteiger partial charge in [0, 0.05) is 24.2 Å². The summed E-state index contributed by atoms with van der Waals surface area (Å²) in [6.07, 6.45) is 3.18. The molecule has 1 aromatic heterocycles. The molecule has 0 aliphatic heterocycles. The smallest absolute Gasteiger partial charge is 0.322 e. The van der Waals surface area contributed by atoms with Gasteiger partial charge in [0.2, 0.25) is 0 Å². The van der Waals surface area contributed by atoms with E-state index < -0.39 is 0 Å². The van der Waals surface area contributed by atoms with E-state index in [2.05, 4.69) is 5.32 Å². The number of carbonyl (C=O) groups excluding carboxylic acids is 1. The second kappa shape index (κ2) is 8.45. The quantitative estimate of drug-likeness (QED) is 0.837. The number of nitrogens with zero attached hydrogens (tertiary/aromatic N) is 1. The third-order valence-corrected chi connectivity index (χ3v) is 3.44. The molecular weight excluding hydrogens is 320 g/mol. The summed E-state index contributed by atoms with van der Waals surface area (Å²) in [4.78, 5) is 14.2. The molecule has 2 amide bonds. The van der Waals surface area contributed by atoms with Crippen molar-refractivity contribution in [1.29, 1.82) is 0 Å². The third-order valence-electron chi connectivity index (χ3n) is 3.21. The predicted octanol–water partition coefficient (Wildman–Crippen LogP) is 3.62. The molecule has 1 N–H and O–H groups in total. The molecule has 0 saturated heterocycles. The summed E-state index contributed by atoms with van der Waals surface area (Å²) in [5.41, 5.74) is 1.41. The number of rotatable bonds is 7. The fourth-order valence-electron chi connectivity index (χ4n) is 2.03. The summed E-state index contributed by atoms with van der Waals surface area (Å²) in [6, 6.07) is 6.58. The first-order valence-corrected chi connectivity index (χ1v) is 7.41. The number of hydrogen-bond donors (Lipinski definition) is 1. The van der Waals surface area contributed by atoms with Crippen molar-refractivity contribution in [2.75, 3.05) is 32.7 Å². The molecule has 0 atom stereocenters. The molecule has 0 saturated carbocycles. The van der Waals surface area contributed by atoms with Gasteiger partial charge >= 0.3 is 6.03 Å². The lowest BCUT2D eigenvalue weighted by molar-refractivity contribution is 0.152. The summed E-state index contributed by atoms with van der Waals surface area (Å²) in [7, 11) is 3.13. The van der Waals surface area contributed by atoms with Crippen molar-refractivity contribution in [3.05, 3.63) is 47.4 Å². The lowest BCUT2D eigenvalue weighted by atomic mass is 10.3. The minimum atomic E-state index is -0.274. The zero-order valence-corrected chi connectivity index (χ0v) is 13.8. The molecule has 7 heteroatoms. The first-order valence-electron chi connectivity index (χ1n) is 7.03. The number of amides is 2. The van der Waals surface area contributed by atoms with E-state index in [9.17, 15) is 4.79 Å². The summed E-state index contributed by atoms with van der Waals surface area (Å²) in [6.45, 7) is 1.28. The molecule has 0 aliphatic carbocycles. The molecule has 1 heterocycles. The molecule has 6 nitrogen and oxygen atoms in total. The summed E-state index contributed by atoms with van der Waals surface area (Å²) in [5.74, 6) is 0.540. The van der Waals surface area contributed by atoms with Crippen molar-refractivity contribution < 1.29 is 18.7 Å². The van der Waals surface area contributed by atoms with Gasteiger partial charge in [-0.15, -0.1) is 0 Å². The predicted molar refractivity (Wildman–Crippen MR) is 88.0 cm³/mol. The molecular formula is C16H19ClN2O4. The fraction of sp³-hybridized carbons (Fsp3) is 0.312. The highest BCUT2D eigenvalue weighted by Crippen LogP contribution is 2.28. The van der Waals surface area contributed by atoms with Gasteiger partial charge < -0.3 is 24.1 Å². The number of benzene rings is 1. The van der Waals surface area contributed by atoms with Gasteiger partial charge in [-0.2, -0.15) is 0 Å². The lowest BCUT2D eigenvalue weighted by Crippen LogP contribution is -2.36. The van der Waals surface area contributed by atoms with Crippen LogP contribution in [0.2, 0.25) is 5.02 Å². The molecule has 23 heavy (non-hydrogen) atoms. The van der Waals surface area contributed by atoms with E-state index in [1.165, 1.54) is 7.11 Å². The molecule has 0 radical (unpaired) electrons. The van der Waals surface area contributed by atoms with Crippen LogP contribution < -0.4 is 10.1 Å². The Morgan fingerprint density at radius 3 is 2.83 bits per heavy atom. The minimum Gasteiger partial charge on any atom is -0.495 e. The van der Waals surface area contributed by atoms with Crippen LogP contribution in [0.3, 0.4) is 0 Å². The summed E-state index contributed by atoms with van der Waals surface area (Å²) in [5, 5.41) is 3.33. The van der Waals surface area contributed by atoms with Crippen LogP contribution in [0, 0.1) is 0 Å². The van der Waals surface area contributed by atoms with Gasteiger partial charge in [-0.3, -0.25) is 0 Å². The maximum atomic E-state index is 12.6. The monoisotopic (exact) mass is 338 g/mol. The highest BCUT2D eigenvalue weighted by Gasteiger charge is 2.16. The van der Waals surface area contributed by atoms with E-state index >= 15 is 0 Å². The Morgan fingerprint density at radius 1 is 1.35 bits per heavy atom. The molecule has 1 aromatic carbocycles. The van der Waals surface area contributed by atoms with E-state index in [4.69, 9.17) is 25.5 Å². The van der Waals surface area contributed by atoms with Gasteiger partial charge in [0.15, 0.2) is 0 Å². The molecule has 0 aliphatic rings. The van der Waals surface area contributed by atoms with Crippen molar-refractivity contribution in [2.45, 2.75) is 6.54 Å². The summed E-state index contributed by atoms with van der Waals surface area (Å²) < 4.78 is 15.3. The fourth-order valence-corrected chi connectivity index (χ4v) is 2.20. The number of ether oxygens (including phenoxy) is 2. The average molecular weight is 339 g/mol. The lowest BCUT2D eigenvalue weighted by Gasteiger charge is -2.23. The molecule has 124 valence electrons. The number of hydrogen-bond acceptors (Lipinski definition) is 4. The number of nitrogens with one attached hydrogen (secondary N) is 1. The molecule has 0 unspecified atom stereocenters. The number of anilines is 1. The maximum absolute atomic E-state index is 12.6. The van der Waals surface area contributed by atoms with Crippen molar-refractivity contribution in [1.82, 2.24) is 4.90 Å². The Labute approximate surface area is 139 Å². The topological polar surface area (TPSA) is 63.9 Å². The molecule has 0 spiro atoms. The van der Waals surface area contributed by atoms with Crippen LogP contribution in [0.5, 0.6) is 5.75 Å². The van der Waals surface area contributed by atoms with Crippen molar-refractivity contribution in [2.24, 2.45) is 0 Å². The number of furan rings is 1. The van der Waals surface area contributed by atoms with Crippen LogP contribution in [0.25, 0.3) is 0 Å². The van der Waals surface area contributed by atoms with Crippen LogP contribution in [-0.4, -0.2) is 38.3 Å². The zero-order chi connectivity index (χ0) is 16.7. The Bertz CT molecular complexity index is 631. The van der Waals surface area contributed by atoms with Crippen LogP contribution in [0.15, 0.2) is 41.2 Å². The number of methoxy groups -OCH3 is 2. The van der Waals surface area contributed by atoms with Crippen LogP contribution in [-0.2, 0) is 11.3 Å².